The molecule has 0 bridgehead atoms. The van der Waals surface area contributed by atoms with E-state index in [1.165, 1.54) is 13.8 Å². The Morgan fingerprint density at radius 2 is 1.01 bits per heavy atom. The fourth-order valence-electron chi connectivity index (χ4n) is 9.55. The van der Waals surface area contributed by atoms with Crippen LogP contribution in [0.3, 0.4) is 0 Å². The van der Waals surface area contributed by atoms with Gasteiger partial charge in [-0.15, -0.1) is 47.0 Å². The molecular formula is C52H74N8O10S4. The molecule has 0 saturated carbocycles. The monoisotopic (exact) mass is 1100 g/mol. The Bertz CT molecular complexity index is 2270. The lowest BCUT2D eigenvalue weighted by Crippen LogP contribution is -2.55. The third kappa shape index (κ3) is 16.8. The Morgan fingerprint density at radius 1 is 0.595 bits per heavy atom. The van der Waals surface area contributed by atoms with Gasteiger partial charge in [0.25, 0.3) is 11.8 Å². The highest BCUT2D eigenvalue weighted by atomic mass is 32.2. The fraction of sp³-hybridized carbons (Fsp3) is 0.596. The maximum Gasteiger partial charge on any atom is 0.290 e. The summed E-state index contributed by atoms with van der Waals surface area (Å²) in [5, 5.41) is 26.5. The van der Waals surface area contributed by atoms with Crippen molar-refractivity contribution in [3.63, 3.8) is 0 Å². The number of Topliss-reactive ketones (excluding diaryl/α,β-unsaturated/α-hetero) is 3. The molecular weight excluding hydrogens is 1020 g/mol. The Kier molecular flexibility index (Phi) is 23.8. The second-order valence-electron chi connectivity index (χ2n) is 18.8. The maximum atomic E-state index is 13.2. The van der Waals surface area contributed by atoms with Gasteiger partial charge in [0, 0.05) is 36.1 Å². The van der Waals surface area contributed by atoms with E-state index >= 15 is 0 Å². The highest BCUT2D eigenvalue weighted by Gasteiger charge is 2.51. The molecule has 7 N–H and O–H groups in total. The first-order valence-electron chi connectivity index (χ1n) is 25.5. The second kappa shape index (κ2) is 29.2. The van der Waals surface area contributed by atoms with E-state index in [-0.39, 0.29) is 43.6 Å². The predicted octanol–water partition coefficient (Wildman–Crippen LogP) is 3.14. The third-order valence-corrected chi connectivity index (χ3v) is 20.2. The number of carbonyl (C=O) groups excluding carboxylic acids is 9. The number of ketones is 3. The minimum Gasteiger partial charge on any atom is -0.381 e. The van der Waals surface area contributed by atoms with Gasteiger partial charge in [-0.3, -0.25) is 53.0 Å². The van der Waals surface area contributed by atoms with Gasteiger partial charge in [-0.05, 0) is 63.7 Å². The number of carbonyl (C=O) groups is 9. The molecule has 74 heavy (non-hydrogen) atoms. The zero-order valence-electron chi connectivity index (χ0n) is 43.3. The van der Waals surface area contributed by atoms with Crippen LogP contribution in [-0.2, 0) is 43.2 Å². The van der Waals surface area contributed by atoms with Crippen LogP contribution in [0.1, 0.15) is 103 Å². The zero-order chi connectivity index (χ0) is 54.0. The minimum atomic E-state index is -1.50. The van der Waals surface area contributed by atoms with Gasteiger partial charge in [-0.2, -0.15) is 0 Å². The summed E-state index contributed by atoms with van der Waals surface area (Å²) in [5.74, 6) is -0.217. The smallest absolute Gasteiger partial charge is 0.290 e. The van der Waals surface area contributed by atoms with E-state index in [1.807, 2.05) is 80.8 Å². The van der Waals surface area contributed by atoms with Gasteiger partial charge in [-0.25, -0.2) is 0 Å². The number of aliphatic hydroxyl groups excluding tert-OH is 1. The SMILES string of the molecule is CCCC(NC(=O)[C@@H]1CC2(CN1CC)SCCS2)C(=O)C(=O)NCC(=O)N[C@H](C(C)=O)c1ccccc1.CCCC(NC(=O)[C@@H]1CC2(CN1CC)SCCS2)C(O)C(=O)NCC(=O)N[C@H](C(C)=O)c1ccccc1. The first-order valence-corrected chi connectivity index (χ1v) is 29.4. The minimum absolute atomic E-state index is 0.0183. The molecule has 4 aliphatic heterocycles. The lowest BCUT2D eigenvalue weighted by Gasteiger charge is -2.27. The summed E-state index contributed by atoms with van der Waals surface area (Å²) in [7, 11) is 0. The first-order chi connectivity index (χ1) is 35.4. The molecule has 4 fully saturated rings. The molecule has 0 radical (unpaired) electrons. The van der Waals surface area contributed by atoms with Gasteiger partial charge in [0.1, 0.15) is 12.1 Å². The number of likely N-dealkylation sites (tertiary alicyclic amines) is 2. The van der Waals surface area contributed by atoms with Crippen LogP contribution in [0.25, 0.3) is 0 Å². The van der Waals surface area contributed by atoms with Crippen molar-refractivity contribution in [3.8, 4) is 0 Å². The largest absolute Gasteiger partial charge is 0.381 e. The second-order valence-corrected chi connectivity index (χ2v) is 25.2. The number of likely N-dealkylation sites (N-methyl/N-ethyl adjacent to an activating group) is 2. The number of hydrogen-bond acceptors (Lipinski definition) is 16. The van der Waals surface area contributed by atoms with E-state index in [2.05, 4.69) is 41.7 Å². The quantitative estimate of drug-likeness (QED) is 0.0746. The van der Waals surface area contributed by atoms with Crippen molar-refractivity contribution in [2.24, 2.45) is 0 Å². The van der Waals surface area contributed by atoms with Crippen molar-refractivity contribution in [1.29, 1.82) is 0 Å². The molecule has 0 aromatic heterocycles. The van der Waals surface area contributed by atoms with Gasteiger partial charge in [0.15, 0.2) is 17.7 Å². The van der Waals surface area contributed by atoms with Crippen molar-refractivity contribution in [2.45, 2.75) is 131 Å². The highest BCUT2D eigenvalue weighted by molar-refractivity contribution is 8.21. The van der Waals surface area contributed by atoms with Crippen LogP contribution >= 0.6 is 47.0 Å². The number of amides is 6. The number of rotatable bonds is 24. The highest BCUT2D eigenvalue weighted by Crippen LogP contribution is 2.52. The summed E-state index contributed by atoms with van der Waals surface area (Å²) in [6, 6.07) is 13.6. The van der Waals surface area contributed by atoms with Crippen LogP contribution in [0.15, 0.2) is 60.7 Å². The zero-order valence-corrected chi connectivity index (χ0v) is 46.5. The standard InChI is InChI=1S/C26H38N4O5S2.C26H36N4O5S2/c2*1-4-9-19(28-24(34)20-14-26(16-30(20)5-2)36-12-13-37-26)23(33)25(35)27-15-21(32)29-22(17(3)31)18-10-7-6-8-11-18/h6-8,10-11,19-20,22-23,33H,4-5,9,12-16H2,1-3H3,(H,27,35)(H,28,34)(H,29,32);6-8,10-11,19-20,22H,4-5,9,12-16H2,1-3H3,(H,27,35)(H,28,34)(H,29,32)/t19?,20-,22+,23?;19?,20-,22+/m00/s1. The Balaban J connectivity index is 0.000000274. The van der Waals surface area contributed by atoms with Crippen LogP contribution < -0.4 is 31.9 Å². The summed E-state index contributed by atoms with van der Waals surface area (Å²) in [6.07, 6.45) is 1.93. The molecule has 22 heteroatoms. The molecule has 2 spiro atoms. The van der Waals surface area contributed by atoms with Crippen LogP contribution in [0, 0.1) is 0 Å². The number of aliphatic hydroxyl groups is 1. The average molecular weight is 1100 g/mol. The summed E-state index contributed by atoms with van der Waals surface area (Å²) < 4.78 is 0.0591. The number of nitrogens with one attached hydrogen (secondary N) is 6. The van der Waals surface area contributed by atoms with Gasteiger partial charge in [0.05, 0.1) is 45.4 Å². The number of thioether (sulfide) groups is 4. The fourth-order valence-corrected chi connectivity index (χ4v) is 16.2. The maximum absolute atomic E-state index is 13.2. The summed E-state index contributed by atoms with van der Waals surface area (Å²) >= 11 is 7.63. The van der Waals surface area contributed by atoms with Crippen LogP contribution in [0.2, 0.25) is 0 Å². The van der Waals surface area contributed by atoms with Gasteiger partial charge in [-0.1, -0.05) is 101 Å². The molecule has 18 nitrogen and oxygen atoms in total. The number of nitrogens with zero attached hydrogens (tertiary/aromatic N) is 2. The average Bonchev–Trinajstić information content (AvgIpc) is 4.23. The van der Waals surface area contributed by atoms with Crippen LogP contribution in [-0.4, -0.2) is 168 Å². The summed E-state index contributed by atoms with van der Waals surface area (Å²) in [6.45, 7) is 12.9. The van der Waals surface area contributed by atoms with Crippen molar-refractivity contribution >= 4 is 99.8 Å². The Labute approximate surface area is 452 Å². The molecule has 6 rings (SSSR count). The third-order valence-electron chi connectivity index (χ3n) is 13.4. The Morgan fingerprint density at radius 3 is 1.42 bits per heavy atom. The van der Waals surface area contributed by atoms with E-state index in [4.69, 9.17) is 0 Å². The van der Waals surface area contributed by atoms with E-state index in [0.29, 0.717) is 43.2 Å². The van der Waals surface area contributed by atoms with Crippen molar-refractivity contribution < 1.29 is 48.3 Å². The van der Waals surface area contributed by atoms with E-state index in [9.17, 15) is 48.3 Å². The summed E-state index contributed by atoms with van der Waals surface area (Å²) in [5.41, 5.74) is 1.27. The van der Waals surface area contributed by atoms with E-state index in [0.717, 1.165) is 55.6 Å². The molecule has 4 aliphatic rings. The lowest BCUT2D eigenvalue weighted by molar-refractivity contribution is -0.141. The topological polar surface area (TPSA) is 253 Å². The van der Waals surface area contributed by atoms with Crippen molar-refractivity contribution in [1.82, 2.24) is 41.7 Å². The van der Waals surface area contributed by atoms with Crippen LogP contribution in [0.4, 0.5) is 0 Å². The molecule has 0 aliphatic carbocycles. The number of hydrogen-bond donors (Lipinski definition) is 7. The molecule has 2 aromatic carbocycles. The molecule has 6 amide bonds. The van der Waals surface area contributed by atoms with Gasteiger partial charge in [0.2, 0.25) is 29.4 Å². The molecule has 2 aromatic rings. The Hall–Kier alpha value is -4.45. The summed E-state index contributed by atoms with van der Waals surface area (Å²) in [4.78, 5) is 118. The van der Waals surface area contributed by atoms with Gasteiger partial charge >= 0.3 is 0 Å². The molecule has 4 saturated heterocycles. The van der Waals surface area contributed by atoms with Crippen molar-refractivity contribution in [2.75, 3.05) is 62.3 Å². The van der Waals surface area contributed by atoms with E-state index < -0.39 is 72.8 Å². The van der Waals surface area contributed by atoms with Crippen LogP contribution in [0.5, 0.6) is 0 Å². The molecule has 4 heterocycles. The first kappa shape index (κ1) is 60.4. The molecule has 3 unspecified atom stereocenters. The van der Waals surface area contributed by atoms with Crippen molar-refractivity contribution in [3.05, 3.63) is 71.8 Å². The number of benzene rings is 2. The van der Waals surface area contributed by atoms with E-state index in [1.54, 1.807) is 54.6 Å². The lowest BCUT2D eigenvalue weighted by atomic mass is 10.0. The molecule has 406 valence electrons. The predicted molar refractivity (Wildman–Crippen MR) is 293 cm³/mol. The van der Waals surface area contributed by atoms with Gasteiger partial charge < -0.3 is 37.0 Å². The molecule has 7 atom stereocenters. The normalized spacial score (nSPS) is 20.7.